The third-order valence-electron chi connectivity index (χ3n) is 7.04. The zero-order valence-corrected chi connectivity index (χ0v) is 21.6. The van der Waals surface area contributed by atoms with E-state index in [1.54, 1.807) is 19.3 Å². The number of allylic oxidation sites excluding steroid dienone is 2. The summed E-state index contributed by atoms with van der Waals surface area (Å²) in [5, 5.41) is 7.49. The number of rotatable bonds is 9. The molecule has 38 heavy (non-hydrogen) atoms. The largest absolute Gasteiger partial charge is 0.391 e. The van der Waals surface area contributed by atoms with Crippen molar-refractivity contribution in [3.63, 3.8) is 0 Å². The predicted octanol–water partition coefficient (Wildman–Crippen LogP) is 5.45. The van der Waals surface area contributed by atoms with Crippen molar-refractivity contribution in [1.29, 1.82) is 0 Å². The second kappa shape index (κ2) is 10.4. The van der Waals surface area contributed by atoms with Crippen LogP contribution in [0, 0.1) is 5.82 Å². The fraction of sp³-hybridized carbons (Fsp3) is 0.200. The summed E-state index contributed by atoms with van der Waals surface area (Å²) < 4.78 is 20.5. The summed E-state index contributed by atoms with van der Waals surface area (Å²) in [7, 11) is 1.78. The van der Waals surface area contributed by atoms with Crippen molar-refractivity contribution in [3.05, 3.63) is 109 Å². The highest BCUT2D eigenvalue weighted by atomic mass is 19.1. The summed E-state index contributed by atoms with van der Waals surface area (Å²) in [6, 6.07) is 13.3. The second-order valence-electron chi connectivity index (χ2n) is 9.30. The zero-order valence-electron chi connectivity index (χ0n) is 21.6. The second-order valence-corrected chi connectivity index (χ2v) is 9.30. The van der Waals surface area contributed by atoms with Crippen LogP contribution in [0.5, 0.6) is 0 Å². The van der Waals surface area contributed by atoms with Gasteiger partial charge in [0.2, 0.25) is 11.7 Å². The van der Waals surface area contributed by atoms with E-state index in [-0.39, 0.29) is 5.82 Å². The molecule has 2 N–H and O–H groups in total. The van der Waals surface area contributed by atoms with Gasteiger partial charge in [-0.1, -0.05) is 61.8 Å². The normalized spacial score (nSPS) is 13.5. The predicted molar refractivity (Wildman–Crippen MR) is 150 cm³/mol. The highest BCUT2D eigenvalue weighted by Crippen LogP contribution is 2.36. The summed E-state index contributed by atoms with van der Waals surface area (Å²) in [6.45, 7) is 19.9. The van der Waals surface area contributed by atoms with Gasteiger partial charge in [0.05, 0.1) is 11.9 Å². The smallest absolute Gasteiger partial charge is 0.232 e. The van der Waals surface area contributed by atoms with Gasteiger partial charge < -0.3 is 24.6 Å². The molecule has 1 saturated heterocycles. The molecule has 2 aromatic carbocycles. The number of likely N-dealkylation sites (N-methyl/N-ethyl adjacent to an activating group) is 1. The molecule has 1 fully saturated rings. The van der Waals surface area contributed by atoms with Crippen LogP contribution in [0.15, 0.2) is 90.9 Å². The van der Waals surface area contributed by atoms with Crippen LogP contribution in [0.25, 0.3) is 33.6 Å². The van der Waals surface area contributed by atoms with Crippen molar-refractivity contribution in [2.75, 3.05) is 33.2 Å². The highest BCUT2D eigenvalue weighted by Gasteiger charge is 2.24. The number of nitrogens with zero attached hydrogens (tertiary/aromatic N) is 4. The number of nitrogens with one attached hydrogen (secondary N) is 2. The Morgan fingerprint density at radius 2 is 1.74 bits per heavy atom. The molecule has 0 radical (unpaired) electrons. The molecule has 1 aliphatic heterocycles. The van der Waals surface area contributed by atoms with Crippen LogP contribution in [0.3, 0.4) is 0 Å². The van der Waals surface area contributed by atoms with Crippen molar-refractivity contribution >= 4 is 22.2 Å². The van der Waals surface area contributed by atoms with Crippen molar-refractivity contribution in [3.8, 4) is 11.4 Å². The molecular weight excluding hydrogens is 479 g/mol. The maximum atomic E-state index is 15.2. The Kier molecular flexibility index (Phi) is 6.87. The lowest BCUT2D eigenvalue weighted by molar-refractivity contribution is 0.220. The molecule has 3 heterocycles. The van der Waals surface area contributed by atoms with Gasteiger partial charge in [0, 0.05) is 73.0 Å². The number of benzene rings is 2. The van der Waals surface area contributed by atoms with Crippen LogP contribution in [0.2, 0.25) is 0 Å². The summed E-state index contributed by atoms with van der Waals surface area (Å²) in [6.07, 6.45) is 2.18. The van der Waals surface area contributed by atoms with Crippen molar-refractivity contribution < 1.29 is 8.91 Å². The Balaban J connectivity index is 1.33. The van der Waals surface area contributed by atoms with Gasteiger partial charge >= 0.3 is 0 Å². The first-order chi connectivity index (χ1) is 18.4. The minimum absolute atomic E-state index is 0.356. The Morgan fingerprint density at radius 1 is 1.03 bits per heavy atom. The van der Waals surface area contributed by atoms with E-state index in [0.717, 1.165) is 48.8 Å². The number of piperazine rings is 1. The van der Waals surface area contributed by atoms with Gasteiger partial charge in [-0.15, -0.1) is 0 Å². The Morgan fingerprint density at radius 3 is 2.45 bits per heavy atom. The van der Waals surface area contributed by atoms with Crippen LogP contribution in [-0.2, 0) is 6.42 Å². The molecule has 2 aromatic heterocycles. The van der Waals surface area contributed by atoms with E-state index < -0.39 is 0 Å². The Bertz CT molecular complexity index is 1520. The molecule has 0 bridgehead atoms. The first kappa shape index (κ1) is 25.1. The van der Waals surface area contributed by atoms with Crippen LogP contribution in [-0.4, -0.2) is 58.2 Å². The molecule has 0 atom stereocenters. The lowest BCUT2D eigenvalue weighted by Gasteiger charge is -2.39. The molecule has 7 nitrogen and oxygen atoms in total. The third kappa shape index (κ3) is 4.72. The minimum atomic E-state index is -0.356. The Hall–Kier alpha value is -4.59. The third-order valence-corrected chi connectivity index (χ3v) is 7.04. The van der Waals surface area contributed by atoms with Gasteiger partial charge in [-0.2, -0.15) is 4.98 Å². The molecule has 0 spiro atoms. The SMILES string of the molecule is C=C(Cc1nc(-c2ccc(F)c3c(C(=C)C(=C)N4CCN(C(=C)c5ccccc5)CC4)c[nH]c23)no1)NC. The number of fused-ring (bicyclic) bond motifs is 1. The summed E-state index contributed by atoms with van der Waals surface area (Å²) >= 11 is 0. The molecule has 1 aliphatic rings. The van der Waals surface area contributed by atoms with E-state index in [2.05, 4.69) is 68.7 Å². The quantitative estimate of drug-likeness (QED) is 0.292. The van der Waals surface area contributed by atoms with Gasteiger partial charge in [0.1, 0.15) is 5.82 Å². The van der Waals surface area contributed by atoms with Crippen molar-refractivity contribution in [2.45, 2.75) is 6.42 Å². The van der Waals surface area contributed by atoms with Crippen LogP contribution < -0.4 is 5.32 Å². The number of H-pyrrole nitrogens is 1. The maximum Gasteiger partial charge on any atom is 0.232 e. The molecule has 0 saturated carbocycles. The number of aromatic nitrogens is 3. The van der Waals surface area contributed by atoms with Gasteiger partial charge in [0.25, 0.3) is 0 Å². The van der Waals surface area contributed by atoms with E-state index >= 15 is 4.39 Å². The summed E-state index contributed by atoms with van der Waals surface area (Å²) in [4.78, 5) is 12.2. The molecule has 0 unspecified atom stereocenters. The topological polar surface area (TPSA) is 73.2 Å². The molecule has 5 rings (SSSR count). The monoisotopic (exact) mass is 510 g/mol. The number of hydrogen-bond donors (Lipinski definition) is 2. The van der Waals surface area contributed by atoms with Crippen LogP contribution >= 0.6 is 0 Å². The van der Waals surface area contributed by atoms with Crippen molar-refractivity contribution in [1.82, 2.24) is 30.2 Å². The molecule has 194 valence electrons. The molecule has 4 aromatic rings. The lowest BCUT2D eigenvalue weighted by Crippen LogP contribution is -2.44. The van der Waals surface area contributed by atoms with Gasteiger partial charge in [0.15, 0.2) is 0 Å². The summed E-state index contributed by atoms with van der Waals surface area (Å²) in [5.41, 5.74) is 6.21. The molecule has 0 aliphatic carbocycles. The standard InChI is InChI=1S/C30H31FN6O/c1-19(32-5)17-27-34-30(35-38-27)24-11-12-26(31)28-25(18-33-29(24)28)20(2)21(3)36-13-15-37(16-14-36)22(4)23-9-7-6-8-10-23/h6-12,18,32-33H,1-4,13-17H2,5H3. The molecule has 0 amide bonds. The average molecular weight is 511 g/mol. The number of halogens is 1. The maximum absolute atomic E-state index is 15.2. The summed E-state index contributed by atoms with van der Waals surface area (Å²) in [5.74, 6) is 0.446. The molecular formula is C30H31FN6O. The highest BCUT2D eigenvalue weighted by molar-refractivity contribution is 6.01. The minimum Gasteiger partial charge on any atom is -0.391 e. The fourth-order valence-electron chi connectivity index (χ4n) is 4.74. The first-order valence-electron chi connectivity index (χ1n) is 12.5. The van der Waals surface area contributed by atoms with Gasteiger partial charge in [-0.25, -0.2) is 4.39 Å². The van der Waals surface area contributed by atoms with E-state index in [9.17, 15) is 0 Å². The fourth-order valence-corrected chi connectivity index (χ4v) is 4.74. The van der Waals surface area contributed by atoms with Crippen LogP contribution in [0.1, 0.15) is 17.0 Å². The van der Waals surface area contributed by atoms with Crippen molar-refractivity contribution in [2.24, 2.45) is 0 Å². The van der Waals surface area contributed by atoms with E-state index in [1.807, 2.05) is 18.2 Å². The number of aromatic amines is 1. The van der Waals surface area contributed by atoms with Gasteiger partial charge in [-0.3, -0.25) is 0 Å². The van der Waals surface area contributed by atoms with E-state index in [4.69, 9.17) is 4.52 Å². The lowest BCUT2D eigenvalue weighted by atomic mass is 10.0. The number of hydrogen-bond acceptors (Lipinski definition) is 6. The van der Waals surface area contributed by atoms with E-state index in [0.29, 0.717) is 45.7 Å². The Labute approximate surface area is 221 Å². The zero-order chi connectivity index (χ0) is 26.8. The molecule has 8 heteroatoms. The van der Waals surface area contributed by atoms with E-state index in [1.165, 1.54) is 6.07 Å². The average Bonchev–Trinajstić information content (AvgIpc) is 3.61. The van der Waals surface area contributed by atoms with Crippen LogP contribution in [0.4, 0.5) is 4.39 Å². The van der Waals surface area contributed by atoms with Gasteiger partial charge in [-0.05, 0) is 23.3 Å². The first-order valence-corrected chi connectivity index (χ1v) is 12.5.